The third-order valence-corrected chi connectivity index (χ3v) is 3.16. The van der Waals surface area contributed by atoms with Gasteiger partial charge in [0.1, 0.15) is 11.6 Å². The first-order chi connectivity index (χ1) is 11.1. The zero-order valence-corrected chi connectivity index (χ0v) is 13.2. The van der Waals surface area contributed by atoms with Crippen molar-refractivity contribution < 1.29 is 14.6 Å². The van der Waals surface area contributed by atoms with Crippen molar-refractivity contribution in [3.05, 3.63) is 48.2 Å². The van der Waals surface area contributed by atoms with Crippen LogP contribution in [0.25, 0.3) is 0 Å². The Morgan fingerprint density at radius 1 is 1.26 bits per heavy atom. The fourth-order valence-corrected chi connectivity index (χ4v) is 1.99. The average molecular weight is 315 g/mol. The van der Waals surface area contributed by atoms with Crippen molar-refractivity contribution in [2.45, 2.75) is 26.0 Å². The minimum absolute atomic E-state index is 0.0669. The first-order valence-corrected chi connectivity index (χ1v) is 7.37. The van der Waals surface area contributed by atoms with E-state index in [0.717, 1.165) is 11.3 Å². The number of aliphatic hydroxyl groups excluding tert-OH is 1. The predicted octanol–water partition coefficient (Wildman–Crippen LogP) is 2.41. The highest BCUT2D eigenvalue weighted by Crippen LogP contribution is 2.14. The monoisotopic (exact) mass is 315 g/mol. The van der Waals surface area contributed by atoms with Gasteiger partial charge in [-0.05, 0) is 36.8 Å². The van der Waals surface area contributed by atoms with Crippen molar-refractivity contribution in [2.24, 2.45) is 0 Å². The van der Waals surface area contributed by atoms with Crippen molar-refractivity contribution in [3.63, 3.8) is 0 Å². The molecule has 0 aliphatic heterocycles. The first kappa shape index (κ1) is 16.8. The number of methoxy groups -OCH3 is 1. The molecule has 1 aromatic carbocycles. The van der Waals surface area contributed by atoms with E-state index in [9.17, 15) is 4.79 Å². The second-order valence-corrected chi connectivity index (χ2v) is 5.24. The van der Waals surface area contributed by atoms with Gasteiger partial charge in [0.2, 0.25) is 5.91 Å². The van der Waals surface area contributed by atoms with Gasteiger partial charge in [0.15, 0.2) is 0 Å². The third kappa shape index (κ3) is 5.60. The zero-order valence-electron chi connectivity index (χ0n) is 13.2. The lowest BCUT2D eigenvalue weighted by atomic mass is 10.2. The summed E-state index contributed by atoms with van der Waals surface area (Å²) in [5.41, 5.74) is 1.72. The van der Waals surface area contributed by atoms with Gasteiger partial charge in [0, 0.05) is 6.54 Å². The van der Waals surface area contributed by atoms with E-state index in [1.165, 1.54) is 0 Å². The number of carbonyl (C=O) groups is 1. The standard InChI is InChI=1S/C17H21N3O3/c1-12(21)9-17(22)20-14-5-8-16(19-11-14)18-10-13-3-6-15(23-2)7-4-13/h3-8,11-12,21H,9-10H2,1-2H3,(H,18,19)(H,20,22). The Bertz CT molecular complexity index is 625. The minimum Gasteiger partial charge on any atom is -0.497 e. The van der Waals surface area contributed by atoms with E-state index in [4.69, 9.17) is 9.84 Å². The van der Waals surface area contributed by atoms with Crippen LogP contribution in [-0.2, 0) is 11.3 Å². The van der Waals surface area contributed by atoms with Gasteiger partial charge in [-0.3, -0.25) is 4.79 Å². The topological polar surface area (TPSA) is 83.5 Å². The quantitative estimate of drug-likeness (QED) is 0.731. The van der Waals surface area contributed by atoms with E-state index >= 15 is 0 Å². The van der Waals surface area contributed by atoms with Gasteiger partial charge < -0.3 is 20.5 Å². The molecule has 6 nitrogen and oxygen atoms in total. The molecule has 0 spiro atoms. The van der Waals surface area contributed by atoms with Crippen molar-refractivity contribution in [1.29, 1.82) is 0 Å². The minimum atomic E-state index is -0.659. The zero-order chi connectivity index (χ0) is 16.7. The molecule has 1 heterocycles. The fraction of sp³-hybridized carbons (Fsp3) is 0.294. The van der Waals surface area contributed by atoms with Crippen LogP contribution in [0.5, 0.6) is 5.75 Å². The molecule has 0 saturated carbocycles. The number of benzene rings is 1. The highest BCUT2D eigenvalue weighted by atomic mass is 16.5. The van der Waals surface area contributed by atoms with E-state index in [0.29, 0.717) is 18.1 Å². The molecule has 0 aliphatic carbocycles. The number of rotatable bonds is 7. The molecule has 0 saturated heterocycles. The molecule has 0 radical (unpaired) electrons. The fourth-order valence-electron chi connectivity index (χ4n) is 1.99. The van der Waals surface area contributed by atoms with Crippen LogP contribution in [0.3, 0.4) is 0 Å². The number of aromatic nitrogens is 1. The maximum Gasteiger partial charge on any atom is 0.227 e. The van der Waals surface area contributed by atoms with Crippen LogP contribution in [0.2, 0.25) is 0 Å². The number of anilines is 2. The number of pyridine rings is 1. The Balaban J connectivity index is 1.85. The molecule has 122 valence electrons. The highest BCUT2D eigenvalue weighted by molar-refractivity contribution is 5.90. The molecule has 0 fully saturated rings. The molecule has 3 N–H and O–H groups in total. The van der Waals surface area contributed by atoms with Gasteiger partial charge in [-0.15, -0.1) is 0 Å². The molecule has 1 unspecified atom stereocenters. The summed E-state index contributed by atoms with van der Waals surface area (Å²) in [4.78, 5) is 15.8. The SMILES string of the molecule is COc1ccc(CNc2ccc(NC(=O)CC(C)O)cn2)cc1. The third-order valence-electron chi connectivity index (χ3n) is 3.16. The van der Waals surface area contributed by atoms with E-state index in [-0.39, 0.29) is 12.3 Å². The van der Waals surface area contributed by atoms with Crippen molar-refractivity contribution >= 4 is 17.4 Å². The Morgan fingerprint density at radius 2 is 2.00 bits per heavy atom. The van der Waals surface area contributed by atoms with Crippen LogP contribution in [0, 0.1) is 0 Å². The van der Waals surface area contributed by atoms with Gasteiger partial charge in [-0.1, -0.05) is 12.1 Å². The summed E-state index contributed by atoms with van der Waals surface area (Å²) in [6, 6.07) is 11.3. The molecule has 0 aliphatic rings. The normalized spacial score (nSPS) is 11.6. The lowest BCUT2D eigenvalue weighted by molar-refractivity contribution is -0.117. The molecule has 1 aromatic heterocycles. The van der Waals surface area contributed by atoms with Crippen molar-refractivity contribution in [1.82, 2.24) is 4.98 Å². The average Bonchev–Trinajstić information content (AvgIpc) is 2.54. The first-order valence-electron chi connectivity index (χ1n) is 7.37. The number of aliphatic hydroxyl groups is 1. The summed E-state index contributed by atoms with van der Waals surface area (Å²) in [6.07, 6.45) is 0.988. The molecular weight excluding hydrogens is 294 g/mol. The number of hydrogen-bond acceptors (Lipinski definition) is 5. The summed E-state index contributed by atoms with van der Waals surface area (Å²) in [5.74, 6) is 1.30. The molecule has 2 rings (SSSR count). The number of ether oxygens (including phenoxy) is 1. The van der Waals surface area contributed by atoms with Crippen LogP contribution < -0.4 is 15.4 Å². The van der Waals surface area contributed by atoms with Crippen molar-refractivity contribution in [2.75, 3.05) is 17.7 Å². The molecule has 1 amide bonds. The van der Waals surface area contributed by atoms with Crippen LogP contribution in [-0.4, -0.2) is 29.2 Å². The maximum absolute atomic E-state index is 11.5. The lowest BCUT2D eigenvalue weighted by Gasteiger charge is -2.09. The smallest absolute Gasteiger partial charge is 0.227 e. The van der Waals surface area contributed by atoms with Crippen LogP contribution in [0.1, 0.15) is 18.9 Å². The van der Waals surface area contributed by atoms with Gasteiger partial charge in [-0.2, -0.15) is 0 Å². The second-order valence-electron chi connectivity index (χ2n) is 5.24. The van der Waals surface area contributed by atoms with Crippen LogP contribution in [0.4, 0.5) is 11.5 Å². The molecule has 6 heteroatoms. The molecule has 0 bridgehead atoms. The molecule has 2 aromatic rings. The van der Waals surface area contributed by atoms with E-state index in [1.807, 2.05) is 24.3 Å². The predicted molar refractivity (Wildman–Crippen MR) is 89.5 cm³/mol. The summed E-state index contributed by atoms with van der Waals surface area (Å²) >= 11 is 0. The second kappa shape index (κ2) is 8.14. The van der Waals surface area contributed by atoms with Gasteiger partial charge >= 0.3 is 0 Å². The van der Waals surface area contributed by atoms with Crippen LogP contribution in [0.15, 0.2) is 42.6 Å². The Labute approximate surface area is 135 Å². The lowest BCUT2D eigenvalue weighted by Crippen LogP contribution is -2.17. The van der Waals surface area contributed by atoms with E-state index < -0.39 is 6.10 Å². The van der Waals surface area contributed by atoms with E-state index in [2.05, 4.69) is 15.6 Å². The molecular formula is C17H21N3O3. The number of amides is 1. The van der Waals surface area contributed by atoms with Gasteiger partial charge in [0.05, 0.1) is 31.5 Å². The van der Waals surface area contributed by atoms with Gasteiger partial charge in [0.25, 0.3) is 0 Å². The number of nitrogens with one attached hydrogen (secondary N) is 2. The Kier molecular flexibility index (Phi) is 5.94. The largest absolute Gasteiger partial charge is 0.497 e. The summed E-state index contributed by atoms with van der Waals surface area (Å²) < 4.78 is 5.12. The Morgan fingerprint density at radius 3 is 2.57 bits per heavy atom. The summed E-state index contributed by atoms with van der Waals surface area (Å²) in [5, 5.41) is 15.1. The number of carbonyl (C=O) groups excluding carboxylic acids is 1. The number of hydrogen-bond donors (Lipinski definition) is 3. The van der Waals surface area contributed by atoms with E-state index in [1.54, 1.807) is 32.4 Å². The summed E-state index contributed by atoms with van der Waals surface area (Å²) in [7, 11) is 1.64. The molecule has 23 heavy (non-hydrogen) atoms. The highest BCUT2D eigenvalue weighted by Gasteiger charge is 2.06. The van der Waals surface area contributed by atoms with Crippen LogP contribution >= 0.6 is 0 Å². The number of nitrogens with zero attached hydrogens (tertiary/aromatic N) is 1. The Hall–Kier alpha value is -2.60. The summed E-state index contributed by atoms with van der Waals surface area (Å²) in [6.45, 7) is 2.22. The van der Waals surface area contributed by atoms with Gasteiger partial charge in [-0.25, -0.2) is 4.98 Å². The molecule has 1 atom stereocenters. The maximum atomic E-state index is 11.5. The van der Waals surface area contributed by atoms with Crippen molar-refractivity contribution in [3.8, 4) is 5.75 Å².